The largest absolute Gasteiger partial charge is 0.439 e. The van der Waals surface area contributed by atoms with E-state index >= 15 is 0 Å². The number of hydrogen-bond acceptors (Lipinski definition) is 2. The van der Waals surface area contributed by atoms with Crippen LogP contribution < -0.4 is 0 Å². The molecule has 0 fully saturated rings. The van der Waals surface area contributed by atoms with Crippen LogP contribution in [-0.2, 0) is 12.3 Å². The van der Waals surface area contributed by atoms with Crippen molar-refractivity contribution in [3.8, 4) is 0 Å². The van der Waals surface area contributed by atoms with Crippen LogP contribution in [0.5, 0.6) is 0 Å². The number of hydrogen-bond donors (Lipinski definition) is 0. The van der Waals surface area contributed by atoms with Crippen LogP contribution in [0.3, 0.4) is 0 Å². The molecule has 0 radical (unpaired) electrons. The van der Waals surface area contributed by atoms with Gasteiger partial charge in [0, 0.05) is 0 Å². The van der Waals surface area contributed by atoms with E-state index in [2.05, 4.69) is 11.9 Å². The van der Waals surface area contributed by atoms with E-state index in [-0.39, 0.29) is 0 Å². The molecule has 0 aliphatic carbocycles. The van der Waals surface area contributed by atoms with Gasteiger partial charge in [-0.05, 0) is 24.1 Å². The first-order chi connectivity index (χ1) is 6.33. The number of aromatic nitrogens is 1. The zero-order valence-electron chi connectivity index (χ0n) is 7.38. The molecule has 0 bridgehead atoms. The van der Waals surface area contributed by atoms with E-state index < -0.39 is 0 Å². The van der Waals surface area contributed by atoms with Crippen LogP contribution in [0.4, 0.5) is 0 Å². The fraction of sp³-hybridized carbons (Fsp3) is 0.300. The third-order valence-corrected chi connectivity index (χ3v) is 2.25. The summed E-state index contributed by atoms with van der Waals surface area (Å²) in [5, 5.41) is 0. The Morgan fingerprint density at radius 3 is 3.00 bits per heavy atom. The number of rotatable bonds is 2. The van der Waals surface area contributed by atoms with Crippen LogP contribution in [0.1, 0.15) is 18.4 Å². The summed E-state index contributed by atoms with van der Waals surface area (Å²) in [6.45, 7) is 2.11. The molecule has 1 aromatic heterocycles. The van der Waals surface area contributed by atoms with Gasteiger partial charge in [-0.15, -0.1) is 11.6 Å². The van der Waals surface area contributed by atoms with E-state index in [9.17, 15) is 0 Å². The molecule has 0 spiro atoms. The number of benzene rings is 1. The SMILES string of the molecule is CCc1ccc2oc(CCl)nc2c1. The van der Waals surface area contributed by atoms with Crippen molar-refractivity contribution < 1.29 is 4.42 Å². The molecule has 0 N–H and O–H groups in total. The van der Waals surface area contributed by atoms with Crippen molar-refractivity contribution in [1.29, 1.82) is 0 Å². The minimum Gasteiger partial charge on any atom is -0.439 e. The molecule has 0 unspecified atom stereocenters. The van der Waals surface area contributed by atoms with Crippen LogP contribution in [0, 0.1) is 0 Å². The summed E-state index contributed by atoms with van der Waals surface area (Å²) in [6.07, 6.45) is 1.01. The lowest BCUT2D eigenvalue weighted by Gasteiger charge is -1.92. The molecular formula is C10H10ClNO. The van der Waals surface area contributed by atoms with Gasteiger partial charge in [0.1, 0.15) is 5.52 Å². The first-order valence-corrected chi connectivity index (χ1v) is 4.81. The second-order valence-electron chi connectivity index (χ2n) is 2.90. The van der Waals surface area contributed by atoms with Crippen LogP contribution in [0.2, 0.25) is 0 Å². The Kier molecular flexibility index (Phi) is 2.23. The summed E-state index contributed by atoms with van der Waals surface area (Å²) in [7, 11) is 0. The van der Waals surface area contributed by atoms with Gasteiger partial charge < -0.3 is 4.42 Å². The molecule has 0 saturated carbocycles. The highest BCUT2D eigenvalue weighted by molar-refractivity contribution is 6.16. The molecule has 68 valence electrons. The Labute approximate surface area is 81.5 Å². The van der Waals surface area contributed by atoms with Gasteiger partial charge in [0.05, 0.1) is 5.88 Å². The molecule has 0 aliphatic rings. The van der Waals surface area contributed by atoms with Crippen LogP contribution in [0.15, 0.2) is 22.6 Å². The number of aryl methyl sites for hydroxylation is 1. The predicted molar refractivity (Wildman–Crippen MR) is 52.9 cm³/mol. The van der Waals surface area contributed by atoms with Crippen LogP contribution in [0.25, 0.3) is 11.1 Å². The highest BCUT2D eigenvalue weighted by Crippen LogP contribution is 2.18. The van der Waals surface area contributed by atoms with Gasteiger partial charge in [0.25, 0.3) is 0 Å². The van der Waals surface area contributed by atoms with Crippen molar-refractivity contribution in [3.05, 3.63) is 29.7 Å². The summed E-state index contributed by atoms with van der Waals surface area (Å²) in [5.41, 5.74) is 2.98. The smallest absolute Gasteiger partial charge is 0.210 e. The number of alkyl halides is 1. The highest BCUT2D eigenvalue weighted by atomic mass is 35.5. The Morgan fingerprint density at radius 1 is 1.46 bits per heavy atom. The van der Waals surface area contributed by atoms with Gasteiger partial charge in [0.2, 0.25) is 5.89 Å². The fourth-order valence-electron chi connectivity index (χ4n) is 1.30. The van der Waals surface area contributed by atoms with Crippen molar-refractivity contribution in [2.24, 2.45) is 0 Å². The van der Waals surface area contributed by atoms with E-state index in [1.54, 1.807) is 0 Å². The lowest BCUT2D eigenvalue weighted by molar-refractivity contribution is 0.555. The second-order valence-corrected chi connectivity index (χ2v) is 3.16. The molecule has 1 aromatic carbocycles. The van der Waals surface area contributed by atoms with Gasteiger partial charge in [0.15, 0.2) is 5.58 Å². The monoisotopic (exact) mass is 195 g/mol. The summed E-state index contributed by atoms with van der Waals surface area (Å²) < 4.78 is 5.37. The quantitative estimate of drug-likeness (QED) is 0.689. The highest BCUT2D eigenvalue weighted by Gasteiger charge is 2.04. The molecule has 0 amide bonds. The maximum absolute atomic E-state index is 5.62. The number of halogens is 1. The Hall–Kier alpha value is -1.02. The van der Waals surface area contributed by atoms with E-state index in [4.69, 9.17) is 16.0 Å². The first kappa shape index (κ1) is 8.57. The van der Waals surface area contributed by atoms with Crippen molar-refractivity contribution >= 4 is 22.7 Å². The zero-order chi connectivity index (χ0) is 9.26. The van der Waals surface area contributed by atoms with E-state index in [1.165, 1.54) is 5.56 Å². The third-order valence-electron chi connectivity index (χ3n) is 2.02. The summed E-state index contributed by atoms with van der Waals surface area (Å²) in [4.78, 5) is 4.24. The van der Waals surface area contributed by atoms with Crippen molar-refractivity contribution in [3.63, 3.8) is 0 Å². The molecule has 0 aliphatic heterocycles. The predicted octanol–water partition coefficient (Wildman–Crippen LogP) is 3.13. The zero-order valence-corrected chi connectivity index (χ0v) is 8.14. The molecule has 0 atom stereocenters. The number of fused-ring (bicyclic) bond motifs is 1. The maximum Gasteiger partial charge on any atom is 0.210 e. The van der Waals surface area contributed by atoms with E-state index in [0.29, 0.717) is 11.8 Å². The maximum atomic E-state index is 5.62. The lowest BCUT2D eigenvalue weighted by atomic mass is 10.1. The standard InChI is InChI=1S/C10H10ClNO/c1-2-7-3-4-9-8(5-7)12-10(6-11)13-9/h3-5H,2,6H2,1H3. The normalized spacial score (nSPS) is 10.9. The van der Waals surface area contributed by atoms with Crippen molar-refractivity contribution in [2.75, 3.05) is 0 Å². The lowest BCUT2D eigenvalue weighted by Crippen LogP contribution is -1.78. The van der Waals surface area contributed by atoms with Gasteiger partial charge in [-0.2, -0.15) is 0 Å². The third kappa shape index (κ3) is 1.54. The summed E-state index contributed by atoms with van der Waals surface area (Å²) in [6, 6.07) is 6.03. The van der Waals surface area contributed by atoms with Crippen LogP contribution in [-0.4, -0.2) is 4.98 Å². The fourth-order valence-corrected chi connectivity index (χ4v) is 1.41. The van der Waals surface area contributed by atoms with Gasteiger partial charge >= 0.3 is 0 Å². The molecule has 2 aromatic rings. The summed E-state index contributed by atoms with van der Waals surface area (Å²) >= 11 is 5.62. The molecule has 2 nitrogen and oxygen atoms in total. The van der Waals surface area contributed by atoms with Crippen molar-refractivity contribution in [1.82, 2.24) is 4.98 Å². The van der Waals surface area contributed by atoms with Crippen LogP contribution >= 0.6 is 11.6 Å². The number of oxazole rings is 1. The number of nitrogens with zero attached hydrogens (tertiary/aromatic N) is 1. The van der Waals surface area contributed by atoms with Gasteiger partial charge in [-0.25, -0.2) is 4.98 Å². The minimum atomic E-state index is 0.330. The average Bonchev–Trinajstić information content (AvgIpc) is 2.58. The Balaban J connectivity index is 2.57. The molecular weight excluding hydrogens is 186 g/mol. The van der Waals surface area contributed by atoms with Crippen molar-refractivity contribution in [2.45, 2.75) is 19.2 Å². The van der Waals surface area contributed by atoms with E-state index in [0.717, 1.165) is 17.5 Å². The molecule has 3 heteroatoms. The minimum absolute atomic E-state index is 0.330. The topological polar surface area (TPSA) is 26.0 Å². The second kappa shape index (κ2) is 3.38. The Morgan fingerprint density at radius 2 is 2.31 bits per heavy atom. The summed E-state index contributed by atoms with van der Waals surface area (Å²) in [5.74, 6) is 0.917. The van der Waals surface area contributed by atoms with Gasteiger partial charge in [-0.1, -0.05) is 13.0 Å². The molecule has 0 saturated heterocycles. The van der Waals surface area contributed by atoms with E-state index in [1.807, 2.05) is 18.2 Å². The van der Waals surface area contributed by atoms with Gasteiger partial charge in [-0.3, -0.25) is 0 Å². The Bertz CT molecular complexity index is 420. The molecule has 1 heterocycles. The first-order valence-electron chi connectivity index (χ1n) is 4.27. The molecule has 2 rings (SSSR count). The average molecular weight is 196 g/mol. The molecule has 13 heavy (non-hydrogen) atoms.